The molecule has 11 nitrogen and oxygen atoms in total. The summed E-state index contributed by atoms with van der Waals surface area (Å²) in [4.78, 5) is 28.9. The Labute approximate surface area is 280 Å². The third-order valence-electron chi connectivity index (χ3n) is 9.75. The van der Waals surface area contributed by atoms with Crippen molar-refractivity contribution >= 4 is 22.8 Å². The number of nitrogens with zero attached hydrogens (tertiary/aromatic N) is 8. The van der Waals surface area contributed by atoms with E-state index in [2.05, 4.69) is 60.6 Å². The van der Waals surface area contributed by atoms with Gasteiger partial charge in [0.2, 0.25) is 0 Å². The topological polar surface area (TPSA) is 129 Å². The molecule has 12 heteroatoms. The van der Waals surface area contributed by atoms with Crippen LogP contribution in [0.2, 0.25) is 0 Å². The molecule has 4 heterocycles. The van der Waals surface area contributed by atoms with Crippen LogP contribution in [0.3, 0.4) is 0 Å². The SMILES string of the molecule is C[C@@H]1CN(C(C)(C)/C=C(\C#N)C(=O)N2CCC[C@H](n3nc(-c4ccc(Oc5ccccc5)cc4F)c4c(N)ncnc43)C2)C[C@H](C)N1C. The van der Waals surface area contributed by atoms with Gasteiger partial charge in [-0.1, -0.05) is 18.2 Å². The van der Waals surface area contributed by atoms with Crippen molar-refractivity contribution < 1.29 is 13.9 Å². The second kappa shape index (κ2) is 13.3. The lowest BCUT2D eigenvalue weighted by Gasteiger charge is -2.48. The number of benzene rings is 2. The highest BCUT2D eigenvalue weighted by molar-refractivity contribution is 5.99. The van der Waals surface area contributed by atoms with E-state index in [1.807, 2.05) is 24.3 Å². The summed E-state index contributed by atoms with van der Waals surface area (Å²) in [5.41, 5.74) is 6.96. The number of fused-ring (bicyclic) bond motifs is 1. The first-order valence-electron chi connectivity index (χ1n) is 16.4. The van der Waals surface area contributed by atoms with Crippen LogP contribution in [-0.2, 0) is 4.79 Å². The third kappa shape index (κ3) is 6.48. The molecule has 2 aliphatic heterocycles. The van der Waals surface area contributed by atoms with E-state index in [0.717, 1.165) is 13.1 Å². The molecule has 2 saturated heterocycles. The number of rotatable bonds is 7. The highest BCUT2D eigenvalue weighted by Gasteiger charge is 2.36. The van der Waals surface area contributed by atoms with Gasteiger partial charge < -0.3 is 15.4 Å². The van der Waals surface area contributed by atoms with Gasteiger partial charge in [0.05, 0.1) is 11.4 Å². The Morgan fingerprint density at radius 3 is 2.50 bits per heavy atom. The molecule has 0 spiro atoms. The smallest absolute Gasteiger partial charge is 0.264 e. The molecule has 48 heavy (non-hydrogen) atoms. The van der Waals surface area contributed by atoms with E-state index in [1.54, 1.807) is 33.8 Å². The number of aromatic nitrogens is 4. The lowest BCUT2D eigenvalue weighted by atomic mass is 9.94. The monoisotopic (exact) mass is 651 g/mol. The Morgan fingerprint density at radius 2 is 1.81 bits per heavy atom. The number of halogens is 1. The molecule has 6 rings (SSSR count). The summed E-state index contributed by atoms with van der Waals surface area (Å²) < 4.78 is 23.2. The minimum atomic E-state index is -0.533. The Balaban J connectivity index is 1.27. The average Bonchev–Trinajstić information content (AvgIpc) is 3.47. The highest BCUT2D eigenvalue weighted by Crippen LogP contribution is 2.36. The number of piperidine rings is 1. The first-order valence-corrected chi connectivity index (χ1v) is 16.4. The van der Waals surface area contributed by atoms with Gasteiger partial charge in [0.1, 0.15) is 46.8 Å². The molecule has 0 saturated carbocycles. The number of hydrogen-bond donors (Lipinski definition) is 1. The summed E-state index contributed by atoms with van der Waals surface area (Å²) in [5, 5.41) is 15.4. The molecule has 0 aliphatic carbocycles. The van der Waals surface area contributed by atoms with E-state index in [4.69, 9.17) is 15.6 Å². The van der Waals surface area contributed by atoms with Gasteiger partial charge in [0.15, 0.2) is 5.65 Å². The summed E-state index contributed by atoms with van der Waals surface area (Å²) in [5.74, 6) is 0.275. The van der Waals surface area contributed by atoms with Gasteiger partial charge >= 0.3 is 0 Å². The summed E-state index contributed by atoms with van der Waals surface area (Å²) in [6, 6.07) is 16.4. The summed E-state index contributed by atoms with van der Waals surface area (Å²) in [6.45, 7) is 11.0. The number of nitrogens with two attached hydrogens (primary N) is 1. The number of nitrogen functional groups attached to an aromatic ring is 1. The lowest BCUT2D eigenvalue weighted by Crippen LogP contribution is -2.60. The lowest BCUT2D eigenvalue weighted by molar-refractivity contribution is -0.128. The molecule has 3 atom stereocenters. The van der Waals surface area contributed by atoms with Crippen molar-refractivity contribution in [2.24, 2.45) is 0 Å². The molecule has 0 bridgehead atoms. The number of ether oxygens (including phenoxy) is 1. The Morgan fingerprint density at radius 1 is 1.08 bits per heavy atom. The first kappa shape index (κ1) is 33.1. The summed E-state index contributed by atoms with van der Waals surface area (Å²) >= 11 is 0. The van der Waals surface area contributed by atoms with Gasteiger partial charge in [-0.2, -0.15) is 10.4 Å². The predicted molar refractivity (Wildman–Crippen MR) is 183 cm³/mol. The molecule has 250 valence electrons. The molecule has 2 N–H and O–H groups in total. The van der Waals surface area contributed by atoms with Gasteiger partial charge in [-0.3, -0.25) is 14.6 Å². The molecule has 0 unspecified atom stereocenters. The van der Waals surface area contributed by atoms with Gasteiger partial charge in [-0.05, 0) is 77.9 Å². The summed E-state index contributed by atoms with van der Waals surface area (Å²) in [6.07, 6.45) is 4.58. The van der Waals surface area contributed by atoms with Crippen LogP contribution < -0.4 is 10.5 Å². The number of carbonyl (C=O) groups excluding carboxylic acids is 1. The molecule has 0 radical (unpaired) electrons. The van der Waals surface area contributed by atoms with Crippen molar-refractivity contribution in [1.82, 2.24) is 34.4 Å². The first-order chi connectivity index (χ1) is 23.0. The molecule has 2 aliphatic rings. The van der Waals surface area contributed by atoms with Gasteiger partial charge in [-0.15, -0.1) is 0 Å². The molecule has 4 aromatic rings. The quantitative estimate of drug-likeness (QED) is 0.206. The van der Waals surface area contributed by atoms with E-state index < -0.39 is 11.4 Å². The maximum Gasteiger partial charge on any atom is 0.264 e. The zero-order chi connectivity index (χ0) is 34.2. The number of piperazine rings is 1. The molecular formula is C36H42FN9O2. The minimum Gasteiger partial charge on any atom is -0.457 e. The minimum absolute atomic E-state index is 0.123. The van der Waals surface area contributed by atoms with Crippen molar-refractivity contribution in [1.29, 1.82) is 5.26 Å². The van der Waals surface area contributed by atoms with Crippen LogP contribution in [0.25, 0.3) is 22.3 Å². The number of para-hydroxylation sites is 1. The van der Waals surface area contributed by atoms with Crippen LogP contribution in [0.1, 0.15) is 46.6 Å². The number of carbonyl (C=O) groups is 1. The van der Waals surface area contributed by atoms with Gasteiger partial charge in [0.25, 0.3) is 5.91 Å². The van der Waals surface area contributed by atoms with Crippen LogP contribution in [-0.4, -0.2) is 91.2 Å². The number of nitriles is 1. The second-order valence-corrected chi connectivity index (χ2v) is 13.4. The van der Waals surface area contributed by atoms with Crippen molar-refractivity contribution in [3.63, 3.8) is 0 Å². The number of likely N-dealkylation sites (tertiary alicyclic amines) is 1. The number of likely N-dealkylation sites (N-methyl/N-ethyl adjacent to an activating group) is 1. The number of amides is 1. The molecule has 2 aromatic carbocycles. The van der Waals surface area contributed by atoms with Crippen molar-refractivity contribution in [2.45, 2.75) is 64.2 Å². The fraction of sp³-hybridized carbons (Fsp3) is 0.417. The number of anilines is 1. The van der Waals surface area contributed by atoms with Crippen LogP contribution >= 0.6 is 0 Å². The van der Waals surface area contributed by atoms with Crippen LogP contribution in [0.5, 0.6) is 11.5 Å². The zero-order valence-corrected chi connectivity index (χ0v) is 28.1. The van der Waals surface area contributed by atoms with E-state index >= 15 is 4.39 Å². The fourth-order valence-electron chi connectivity index (χ4n) is 6.79. The predicted octanol–water partition coefficient (Wildman–Crippen LogP) is 5.42. The summed E-state index contributed by atoms with van der Waals surface area (Å²) in [7, 11) is 2.13. The largest absolute Gasteiger partial charge is 0.457 e. The Kier molecular flexibility index (Phi) is 9.18. The van der Waals surface area contributed by atoms with E-state index in [-0.39, 0.29) is 28.9 Å². The maximum absolute atomic E-state index is 15.7. The average molecular weight is 652 g/mol. The second-order valence-electron chi connectivity index (χ2n) is 13.4. The number of hydrogen-bond acceptors (Lipinski definition) is 9. The molecule has 2 fully saturated rings. The fourth-order valence-corrected chi connectivity index (χ4v) is 6.79. The van der Waals surface area contributed by atoms with Crippen molar-refractivity contribution in [3.05, 3.63) is 72.3 Å². The van der Waals surface area contributed by atoms with Crippen molar-refractivity contribution in [3.8, 4) is 28.8 Å². The normalized spacial score (nSPS) is 21.3. The Hall–Kier alpha value is -4.86. The Bertz CT molecular complexity index is 1870. The highest BCUT2D eigenvalue weighted by atomic mass is 19.1. The maximum atomic E-state index is 15.7. The van der Waals surface area contributed by atoms with Gasteiger partial charge in [-0.25, -0.2) is 19.0 Å². The standard InChI is InChI=1S/C36H42FN9O2/c1-23-19-45(20-24(2)43(23)5)36(3,4)17-25(18-38)35(47)44-15-9-10-26(21-44)46-34-31(33(39)40-22-41-34)32(42-46)29-14-13-28(16-30(29)37)48-27-11-7-6-8-12-27/h6-8,11-14,16-17,22-24,26H,9-10,15,19-21H2,1-5H3,(H2,39,40,41)/b25-17+/t23-,24+,26-/m0/s1. The van der Waals surface area contributed by atoms with Gasteiger partial charge in [0, 0.05) is 55.4 Å². The van der Waals surface area contributed by atoms with Crippen LogP contribution in [0.15, 0.2) is 66.5 Å². The van der Waals surface area contributed by atoms with Crippen molar-refractivity contribution in [2.75, 3.05) is 39.0 Å². The molecular weight excluding hydrogens is 609 g/mol. The zero-order valence-electron chi connectivity index (χ0n) is 28.1. The third-order valence-corrected chi connectivity index (χ3v) is 9.75. The van der Waals surface area contributed by atoms with E-state index in [9.17, 15) is 10.1 Å². The molecule has 1 amide bonds. The molecule has 2 aromatic heterocycles. The van der Waals surface area contributed by atoms with Crippen LogP contribution in [0.4, 0.5) is 10.2 Å². The van der Waals surface area contributed by atoms with E-state index in [1.165, 1.54) is 12.4 Å². The van der Waals surface area contributed by atoms with Crippen LogP contribution in [0, 0.1) is 17.1 Å². The van der Waals surface area contributed by atoms with E-state index in [0.29, 0.717) is 66.2 Å².